The van der Waals surface area contributed by atoms with Crippen molar-refractivity contribution in [3.63, 3.8) is 0 Å². The molecule has 1 fully saturated rings. The maximum Gasteiger partial charge on any atom is 0.308 e. The second kappa shape index (κ2) is 9.95. The molecule has 1 aliphatic carbocycles. The van der Waals surface area contributed by atoms with E-state index in [1.165, 1.54) is 31.2 Å². The fraction of sp³-hybridized carbons (Fsp3) is 0.143. The third-order valence-electron chi connectivity index (χ3n) is 8.83. The normalized spacial score (nSPS) is 20.7. The number of nitrogens with zero attached hydrogens (tertiary/aromatic N) is 2. The van der Waals surface area contributed by atoms with Crippen LogP contribution in [0.1, 0.15) is 55.0 Å². The molecule has 3 unspecified atom stereocenters. The Morgan fingerprint density at radius 1 is 0.841 bits per heavy atom. The lowest BCUT2D eigenvalue weighted by Gasteiger charge is -2.37. The molecule has 0 bridgehead atoms. The van der Waals surface area contributed by atoms with Gasteiger partial charge in [0.1, 0.15) is 11.5 Å². The van der Waals surface area contributed by atoms with Crippen LogP contribution < -0.4 is 9.64 Å². The zero-order chi connectivity index (χ0) is 30.7. The van der Waals surface area contributed by atoms with Gasteiger partial charge >= 0.3 is 5.97 Å². The van der Waals surface area contributed by atoms with E-state index < -0.39 is 45.9 Å². The lowest BCUT2D eigenvalue weighted by atomic mass is 9.64. The molecule has 2 heterocycles. The van der Waals surface area contributed by atoms with Crippen molar-refractivity contribution in [1.29, 1.82) is 0 Å². The fourth-order valence-electron chi connectivity index (χ4n) is 7.17. The van der Waals surface area contributed by atoms with Crippen molar-refractivity contribution in [2.24, 2.45) is 5.41 Å². The molecule has 3 atom stereocenters. The van der Waals surface area contributed by atoms with Crippen LogP contribution in [0.5, 0.6) is 5.75 Å². The third-order valence-corrected chi connectivity index (χ3v) is 8.83. The Balaban J connectivity index is 1.56. The second-order valence-electron chi connectivity index (χ2n) is 11.1. The van der Waals surface area contributed by atoms with Crippen molar-refractivity contribution in [1.82, 2.24) is 0 Å². The Hall–Kier alpha value is -5.70. The molecule has 4 aromatic rings. The number of fused-ring (bicyclic) bond motifs is 5. The molecule has 216 valence electrons. The van der Waals surface area contributed by atoms with Crippen molar-refractivity contribution in [2.75, 3.05) is 4.90 Å². The number of ketones is 3. The zero-order valence-electron chi connectivity index (χ0n) is 23.4. The van der Waals surface area contributed by atoms with Crippen LogP contribution in [0.4, 0.5) is 11.4 Å². The number of rotatable bonds is 5. The van der Waals surface area contributed by atoms with E-state index in [0.29, 0.717) is 22.4 Å². The van der Waals surface area contributed by atoms with Gasteiger partial charge in [0.2, 0.25) is 0 Å². The second-order valence-corrected chi connectivity index (χ2v) is 11.1. The van der Waals surface area contributed by atoms with Crippen LogP contribution in [0.15, 0.2) is 103 Å². The Morgan fingerprint density at radius 3 is 2.09 bits per heavy atom. The maximum absolute atomic E-state index is 14.7. The van der Waals surface area contributed by atoms with E-state index in [2.05, 4.69) is 0 Å². The number of hydrogen-bond donors (Lipinski definition) is 0. The smallest absolute Gasteiger partial charge is 0.308 e. The number of nitro benzene ring substituents is 1. The molecule has 4 aromatic carbocycles. The molecule has 0 amide bonds. The summed E-state index contributed by atoms with van der Waals surface area (Å²) in [6, 6.07) is 23.9. The van der Waals surface area contributed by atoms with E-state index in [0.717, 1.165) is 0 Å². The van der Waals surface area contributed by atoms with Crippen LogP contribution in [-0.2, 0) is 4.79 Å². The summed E-state index contributed by atoms with van der Waals surface area (Å²) in [5, 5.41) is 11.5. The Labute approximate surface area is 251 Å². The highest BCUT2D eigenvalue weighted by Crippen LogP contribution is 2.62. The number of carbonyl (C=O) groups is 4. The minimum atomic E-state index is -1.80. The van der Waals surface area contributed by atoms with Gasteiger partial charge in [-0.05, 0) is 11.6 Å². The van der Waals surface area contributed by atoms with Crippen LogP contribution in [0.25, 0.3) is 6.08 Å². The van der Waals surface area contributed by atoms with E-state index >= 15 is 0 Å². The van der Waals surface area contributed by atoms with E-state index in [4.69, 9.17) is 4.74 Å². The molecule has 1 saturated heterocycles. The molecular formula is C35H24N2O7. The summed E-state index contributed by atoms with van der Waals surface area (Å²) in [5.41, 5.74) is 0.372. The number of nitro groups is 1. The molecule has 2 aliphatic heterocycles. The molecule has 44 heavy (non-hydrogen) atoms. The lowest BCUT2D eigenvalue weighted by molar-refractivity contribution is -0.384. The quantitative estimate of drug-likeness (QED) is 0.0716. The number of non-ortho nitro benzene ring substituents is 1. The maximum atomic E-state index is 14.7. The monoisotopic (exact) mass is 584 g/mol. The highest BCUT2D eigenvalue weighted by atomic mass is 16.6. The van der Waals surface area contributed by atoms with Gasteiger partial charge in [0.15, 0.2) is 23.1 Å². The van der Waals surface area contributed by atoms with E-state index in [9.17, 15) is 29.3 Å². The summed E-state index contributed by atoms with van der Waals surface area (Å²) in [6.45, 7) is 1.27. The fourth-order valence-corrected chi connectivity index (χ4v) is 7.17. The average molecular weight is 585 g/mol. The summed E-state index contributed by atoms with van der Waals surface area (Å²) in [5.74, 6) is -2.67. The van der Waals surface area contributed by atoms with Crippen molar-refractivity contribution < 1.29 is 28.8 Å². The Morgan fingerprint density at radius 2 is 1.48 bits per heavy atom. The number of carbonyl (C=O) groups excluding carboxylic acids is 4. The first-order valence-corrected chi connectivity index (χ1v) is 14.1. The molecule has 1 spiro atoms. The van der Waals surface area contributed by atoms with Gasteiger partial charge in [-0.25, -0.2) is 0 Å². The topological polar surface area (TPSA) is 124 Å². The number of Topliss-reactive ketones (excluding diaryl/α,β-unsaturated/α-hetero) is 3. The number of esters is 1. The SMILES string of the molecule is CC(=O)Oc1cccc2c1N1C(C(=O)c3ccccc3)C(c3ccc([N+](=O)[O-])cc3)C3(C(=O)c4ccccc4C3=O)C1C=C2. The van der Waals surface area contributed by atoms with Crippen molar-refractivity contribution in [2.45, 2.75) is 24.9 Å². The van der Waals surface area contributed by atoms with Gasteiger partial charge in [0.05, 0.1) is 16.7 Å². The van der Waals surface area contributed by atoms with Crippen LogP contribution in [-0.4, -0.2) is 40.3 Å². The number of benzene rings is 4. The molecule has 0 saturated carbocycles. The standard InChI is InChI=1S/C35H24N2O7/c1-20(38)44-27-13-7-10-22-16-19-28-35(33(40)25-11-5-6-12-26(25)34(35)41)29(21-14-17-24(18-15-21)37(42)43)31(36(28)30(22)27)32(39)23-8-3-2-4-9-23/h2-19,28-29,31H,1H3. The van der Waals surface area contributed by atoms with Crippen molar-refractivity contribution in [3.8, 4) is 5.75 Å². The molecule has 9 nitrogen and oxygen atoms in total. The van der Waals surface area contributed by atoms with Gasteiger partial charge in [-0.3, -0.25) is 29.3 Å². The summed E-state index contributed by atoms with van der Waals surface area (Å²) < 4.78 is 5.63. The van der Waals surface area contributed by atoms with Gasteiger partial charge in [-0.1, -0.05) is 91.0 Å². The van der Waals surface area contributed by atoms with Crippen LogP contribution in [0.3, 0.4) is 0 Å². The summed E-state index contributed by atoms with van der Waals surface area (Å²) in [4.78, 5) is 69.2. The minimum absolute atomic E-state index is 0.167. The molecular weight excluding hydrogens is 560 g/mol. The molecule has 0 aromatic heterocycles. The summed E-state index contributed by atoms with van der Waals surface area (Å²) in [6.07, 6.45) is 3.54. The number of para-hydroxylation sites is 1. The van der Waals surface area contributed by atoms with Crippen LogP contribution in [0, 0.1) is 15.5 Å². The molecule has 7 rings (SSSR count). The molecule has 0 N–H and O–H groups in total. The first-order chi connectivity index (χ1) is 21.2. The predicted octanol–water partition coefficient (Wildman–Crippen LogP) is 5.84. The molecule has 0 radical (unpaired) electrons. The van der Waals surface area contributed by atoms with Gasteiger partial charge < -0.3 is 9.64 Å². The minimum Gasteiger partial charge on any atom is -0.424 e. The van der Waals surface area contributed by atoms with Crippen LogP contribution in [0.2, 0.25) is 0 Å². The van der Waals surface area contributed by atoms with E-state index in [1.54, 1.807) is 89.8 Å². The van der Waals surface area contributed by atoms with Crippen molar-refractivity contribution >= 4 is 40.8 Å². The van der Waals surface area contributed by atoms with Crippen LogP contribution >= 0.6 is 0 Å². The molecule has 3 aliphatic rings. The highest BCUT2D eigenvalue weighted by molar-refractivity contribution is 6.32. The number of ether oxygens (including phenoxy) is 1. The summed E-state index contributed by atoms with van der Waals surface area (Å²) in [7, 11) is 0. The van der Waals surface area contributed by atoms with Gasteiger partial charge in [-0.2, -0.15) is 0 Å². The summed E-state index contributed by atoms with van der Waals surface area (Å²) >= 11 is 0. The van der Waals surface area contributed by atoms with Crippen molar-refractivity contribution in [3.05, 3.63) is 141 Å². The highest BCUT2D eigenvalue weighted by Gasteiger charge is 2.71. The first-order valence-electron chi connectivity index (χ1n) is 14.1. The van der Waals surface area contributed by atoms with E-state index in [1.807, 2.05) is 0 Å². The zero-order valence-corrected chi connectivity index (χ0v) is 23.4. The Bertz CT molecular complexity index is 1900. The van der Waals surface area contributed by atoms with Gasteiger partial charge in [-0.15, -0.1) is 0 Å². The number of hydrogen-bond acceptors (Lipinski definition) is 8. The third kappa shape index (κ3) is 3.72. The van der Waals surface area contributed by atoms with Gasteiger partial charge in [0, 0.05) is 47.2 Å². The number of anilines is 1. The first kappa shape index (κ1) is 27.2. The lowest BCUT2D eigenvalue weighted by Crippen LogP contribution is -2.48. The van der Waals surface area contributed by atoms with E-state index in [-0.39, 0.29) is 28.3 Å². The predicted molar refractivity (Wildman–Crippen MR) is 161 cm³/mol. The van der Waals surface area contributed by atoms with Gasteiger partial charge in [0.25, 0.3) is 5.69 Å². The molecule has 9 heteroatoms. The average Bonchev–Trinajstić information content (AvgIpc) is 3.47. The Kier molecular flexibility index (Phi) is 6.14. The largest absolute Gasteiger partial charge is 0.424 e.